The van der Waals surface area contributed by atoms with Crippen molar-refractivity contribution in [2.75, 3.05) is 20.3 Å². The van der Waals surface area contributed by atoms with Crippen molar-refractivity contribution in [2.24, 2.45) is 5.16 Å². The number of methoxy groups -OCH3 is 1. The normalized spacial score (nSPS) is 25.5. The quantitative estimate of drug-likeness (QED) is 0.776. The lowest BCUT2D eigenvalue weighted by Crippen LogP contribution is -2.58. The van der Waals surface area contributed by atoms with E-state index in [2.05, 4.69) is 58.5 Å². The molecule has 0 radical (unpaired) electrons. The van der Waals surface area contributed by atoms with E-state index in [1.165, 1.54) is 0 Å². The summed E-state index contributed by atoms with van der Waals surface area (Å²) in [6.07, 6.45) is 3.04. The third-order valence-corrected chi connectivity index (χ3v) is 5.52. The van der Waals surface area contributed by atoms with Gasteiger partial charge < -0.3 is 9.57 Å². The largest absolute Gasteiger partial charge is 0.383 e. The Labute approximate surface area is 161 Å². The van der Waals surface area contributed by atoms with E-state index >= 15 is 0 Å². The molecule has 27 heavy (non-hydrogen) atoms. The minimum atomic E-state index is -0.636. The minimum absolute atomic E-state index is 0.320. The fourth-order valence-corrected chi connectivity index (χ4v) is 4.20. The van der Waals surface area contributed by atoms with Crippen molar-refractivity contribution in [2.45, 2.75) is 38.0 Å². The highest BCUT2D eigenvalue weighted by Gasteiger charge is 2.51. The van der Waals surface area contributed by atoms with Crippen LogP contribution in [0.4, 0.5) is 0 Å². The van der Waals surface area contributed by atoms with E-state index in [0.717, 1.165) is 42.8 Å². The molecule has 1 fully saturated rings. The molecule has 2 heterocycles. The summed E-state index contributed by atoms with van der Waals surface area (Å²) in [6, 6.07) is 21.0. The van der Waals surface area contributed by atoms with E-state index in [0.29, 0.717) is 12.6 Å². The first-order chi connectivity index (χ1) is 13.3. The number of benzene rings is 2. The van der Waals surface area contributed by atoms with Crippen LogP contribution in [0.1, 0.15) is 37.3 Å². The third-order valence-electron chi connectivity index (χ3n) is 5.52. The molecule has 5 nitrogen and oxygen atoms in total. The van der Waals surface area contributed by atoms with Gasteiger partial charge in [0.25, 0.3) is 0 Å². The molecule has 5 heteroatoms. The van der Waals surface area contributed by atoms with Crippen molar-refractivity contribution in [3.63, 3.8) is 0 Å². The number of ether oxygens (including phenoxy) is 1. The second-order valence-electron chi connectivity index (χ2n) is 7.10. The molecule has 0 amide bonds. The van der Waals surface area contributed by atoms with E-state index in [4.69, 9.17) is 9.57 Å². The van der Waals surface area contributed by atoms with Gasteiger partial charge in [-0.25, -0.2) is 10.0 Å². The maximum absolute atomic E-state index is 6.23. The van der Waals surface area contributed by atoms with Crippen LogP contribution in [0.15, 0.2) is 65.8 Å². The summed E-state index contributed by atoms with van der Waals surface area (Å²) in [4.78, 5) is 6.23. The number of hydrazine groups is 1. The fourth-order valence-electron chi connectivity index (χ4n) is 4.20. The van der Waals surface area contributed by atoms with Crippen molar-refractivity contribution in [1.29, 1.82) is 0 Å². The van der Waals surface area contributed by atoms with Gasteiger partial charge in [0.2, 0.25) is 5.72 Å². The third kappa shape index (κ3) is 3.11. The van der Waals surface area contributed by atoms with Gasteiger partial charge >= 0.3 is 0 Å². The van der Waals surface area contributed by atoms with Gasteiger partial charge in [0.15, 0.2) is 5.84 Å². The average molecular weight is 365 g/mol. The number of rotatable bonds is 6. The van der Waals surface area contributed by atoms with Gasteiger partial charge in [-0.1, -0.05) is 72.7 Å². The Kier molecular flexibility index (Phi) is 5.14. The number of hydrogen-bond donors (Lipinski definition) is 0. The van der Waals surface area contributed by atoms with Crippen molar-refractivity contribution in [1.82, 2.24) is 10.0 Å². The van der Waals surface area contributed by atoms with Gasteiger partial charge in [-0.05, 0) is 12.8 Å². The molecule has 2 atom stereocenters. The van der Waals surface area contributed by atoms with Crippen LogP contribution in [-0.4, -0.2) is 42.2 Å². The maximum Gasteiger partial charge on any atom is 0.250 e. The van der Waals surface area contributed by atoms with Crippen LogP contribution < -0.4 is 0 Å². The predicted molar refractivity (Wildman–Crippen MR) is 106 cm³/mol. The smallest absolute Gasteiger partial charge is 0.250 e. The highest BCUT2D eigenvalue weighted by Crippen LogP contribution is 2.42. The van der Waals surface area contributed by atoms with Gasteiger partial charge in [0, 0.05) is 31.2 Å². The number of nitrogens with zero attached hydrogens (tertiary/aromatic N) is 3. The molecule has 0 bridgehead atoms. The molecule has 4 rings (SSSR count). The lowest BCUT2D eigenvalue weighted by Gasteiger charge is -2.44. The summed E-state index contributed by atoms with van der Waals surface area (Å²) in [5, 5.41) is 9.28. The molecule has 0 aliphatic carbocycles. The molecule has 2 aromatic carbocycles. The van der Waals surface area contributed by atoms with Crippen LogP contribution in [0.3, 0.4) is 0 Å². The topological polar surface area (TPSA) is 37.3 Å². The second kappa shape index (κ2) is 7.71. The van der Waals surface area contributed by atoms with Crippen LogP contribution in [0, 0.1) is 0 Å². The Morgan fingerprint density at radius 3 is 2.48 bits per heavy atom. The summed E-state index contributed by atoms with van der Waals surface area (Å²) in [7, 11) is 1.77. The molecular formula is C22H27N3O2. The highest BCUT2D eigenvalue weighted by atomic mass is 16.7. The minimum Gasteiger partial charge on any atom is -0.383 e. The molecule has 0 aromatic heterocycles. The Morgan fingerprint density at radius 2 is 1.81 bits per heavy atom. The summed E-state index contributed by atoms with van der Waals surface area (Å²) in [5.41, 5.74) is 1.54. The standard InChI is InChI=1S/C22H27N3O2/c1-3-22(19-13-8-5-9-14-19)25(24-16-10-15-20(24)17-26-2)21(23-27-22)18-11-6-4-7-12-18/h4-9,11-14,20H,3,10,15-17H2,1-2H3/t20-,22-/m0/s1. The first-order valence-corrected chi connectivity index (χ1v) is 9.73. The first kappa shape index (κ1) is 18.0. The zero-order valence-electron chi connectivity index (χ0n) is 16.0. The van der Waals surface area contributed by atoms with Gasteiger partial charge in [-0.3, -0.25) is 0 Å². The zero-order valence-corrected chi connectivity index (χ0v) is 16.0. The summed E-state index contributed by atoms with van der Waals surface area (Å²) in [6.45, 7) is 3.83. The average Bonchev–Trinajstić information content (AvgIpc) is 3.34. The predicted octanol–water partition coefficient (Wildman–Crippen LogP) is 3.97. The maximum atomic E-state index is 6.23. The van der Waals surface area contributed by atoms with Crippen LogP contribution in [0.25, 0.3) is 0 Å². The summed E-state index contributed by atoms with van der Waals surface area (Å²) >= 11 is 0. The summed E-state index contributed by atoms with van der Waals surface area (Å²) < 4.78 is 5.52. The molecule has 2 aliphatic heterocycles. The zero-order chi connectivity index (χ0) is 18.7. The molecule has 2 aromatic rings. The van der Waals surface area contributed by atoms with Gasteiger partial charge in [-0.2, -0.15) is 0 Å². The monoisotopic (exact) mass is 365 g/mol. The Balaban J connectivity index is 1.80. The number of hydrogen-bond acceptors (Lipinski definition) is 5. The Morgan fingerprint density at radius 1 is 1.11 bits per heavy atom. The van der Waals surface area contributed by atoms with Crippen LogP contribution in [0.5, 0.6) is 0 Å². The molecule has 0 N–H and O–H groups in total. The molecule has 142 valence electrons. The van der Waals surface area contributed by atoms with Crippen molar-refractivity contribution >= 4 is 5.84 Å². The molecule has 1 saturated heterocycles. The molecule has 2 aliphatic rings. The van der Waals surface area contributed by atoms with E-state index < -0.39 is 5.72 Å². The van der Waals surface area contributed by atoms with E-state index in [1.54, 1.807) is 7.11 Å². The molecule has 0 spiro atoms. The van der Waals surface area contributed by atoms with Crippen LogP contribution >= 0.6 is 0 Å². The van der Waals surface area contributed by atoms with E-state index in [-0.39, 0.29) is 0 Å². The number of oxime groups is 1. The lowest BCUT2D eigenvalue weighted by molar-refractivity contribution is -0.191. The van der Waals surface area contributed by atoms with Gasteiger partial charge in [-0.15, -0.1) is 0 Å². The Hall–Kier alpha value is -2.37. The number of amidine groups is 1. The SMILES string of the molecule is CC[C@@]1(c2ccccc2)ON=C(c2ccccc2)N1N1CCC[C@H]1COC. The van der Waals surface area contributed by atoms with Crippen molar-refractivity contribution in [3.8, 4) is 0 Å². The fraction of sp³-hybridized carbons (Fsp3) is 0.409. The van der Waals surface area contributed by atoms with Crippen LogP contribution in [0.2, 0.25) is 0 Å². The molecule has 0 saturated carbocycles. The first-order valence-electron chi connectivity index (χ1n) is 9.73. The Bertz CT molecular complexity index is 781. The van der Waals surface area contributed by atoms with Gasteiger partial charge in [0.1, 0.15) is 0 Å². The second-order valence-corrected chi connectivity index (χ2v) is 7.10. The van der Waals surface area contributed by atoms with Gasteiger partial charge in [0.05, 0.1) is 12.6 Å². The van der Waals surface area contributed by atoms with Crippen LogP contribution in [-0.2, 0) is 15.3 Å². The molecule has 0 unspecified atom stereocenters. The van der Waals surface area contributed by atoms with Crippen molar-refractivity contribution in [3.05, 3.63) is 71.8 Å². The van der Waals surface area contributed by atoms with E-state index in [1.807, 2.05) is 24.3 Å². The van der Waals surface area contributed by atoms with Crippen molar-refractivity contribution < 1.29 is 9.57 Å². The summed E-state index contributed by atoms with van der Waals surface area (Å²) in [5.74, 6) is 0.865. The van der Waals surface area contributed by atoms with E-state index in [9.17, 15) is 0 Å². The molecular weight excluding hydrogens is 338 g/mol. The lowest BCUT2D eigenvalue weighted by atomic mass is 9.98. The highest BCUT2D eigenvalue weighted by molar-refractivity contribution is 5.99.